The lowest BCUT2D eigenvalue weighted by atomic mass is 9.71. The van der Waals surface area contributed by atoms with Gasteiger partial charge in [-0.05, 0) is 12.8 Å². The van der Waals surface area contributed by atoms with Crippen molar-refractivity contribution in [2.75, 3.05) is 0 Å². The fourth-order valence-electron chi connectivity index (χ4n) is 3.45. The minimum atomic E-state index is -1.11. The van der Waals surface area contributed by atoms with Crippen molar-refractivity contribution in [1.82, 2.24) is 0 Å². The van der Waals surface area contributed by atoms with Gasteiger partial charge >= 0.3 is 5.97 Å². The third-order valence-electron chi connectivity index (χ3n) is 4.83. The average molecular weight is 337 g/mol. The fraction of sp³-hybridized carbons (Fsp3) is 0.722. The highest BCUT2D eigenvalue weighted by molar-refractivity contribution is 5.89. The van der Waals surface area contributed by atoms with Gasteiger partial charge in [-0.25, -0.2) is 0 Å². The highest BCUT2D eigenvalue weighted by Gasteiger charge is 2.53. The zero-order valence-corrected chi connectivity index (χ0v) is 14.1. The summed E-state index contributed by atoms with van der Waals surface area (Å²) in [7, 11) is 0. The van der Waals surface area contributed by atoms with Crippen LogP contribution in [0.15, 0.2) is 12.2 Å². The summed E-state index contributed by atoms with van der Waals surface area (Å²) in [5.74, 6) is -2.27. The summed E-state index contributed by atoms with van der Waals surface area (Å²) >= 11 is 0. The van der Waals surface area contributed by atoms with Crippen LogP contribution in [-0.4, -0.2) is 39.3 Å². The van der Waals surface area contributed by atoms with E-state index in [0.29, 0.717) is 6.42 Å². The van der Waals surface area contributed by atoms with Gasteiger partial charge in [0.05, 0.1) is 24.7 Å². The van der Waals surface area contributed by atoms with Gasteiger partial charge in [0, 0.05) is 24.2 Å². The van der Waals surface area contributed by atoms with Crippen molar-refractivity contribution in [3.05, 3.63) is 12.2 Å². The van der Waals surface area contributed by atoms with Crippen LogP contribution < -0.4 is 0 Å². The second kappa shape index (κ2) is 9.55. The number of aliphatic carboxylic acids is 1. The molecule has 0 bridgehead atoms. The quantitative estimate of drug-likeness (QED) is 0.415. The Hall–Kier alpha value is -1.71. The summed E-state index contributed by atoms with van der Waals surface area (Å²) in [6, 6.07) is 1.99. The van der Waals surface area contributed by atoms with Crippen LogP contribution in [0.1, 0.15) is 58.3 Å². The number of carboxylic acid groups (broad SMARTS) is 1. The molecular weight excluding hydrogens is 310 g/mol. The Morgan fingerprint density at radius 2 is 2.21 bits per heavy atom. The Balaban J connectivity index is 3.00. The van der Waals surface area contributed by atoms with Crippen molar-refractivity contribution < 1.29 is 24.9 Å². The molecule has 24 heavy (non-hydrogen) atoms. The summed E-state index contributed by atoms with van der Waals surface area (Å²) in [5.41, 5.74) is -1.09. The molecule has 1 aliphatic rings. The van der Waals surface area contributed by atoms with Crippen molar-refractivity contribution in [2.24, 2.45) is 11.3 Å². The molecule has 6 nitrogen and oxygen atoms in total. The van der Waals surface area contributed by atoms with Crippen LogP contribution in [0.25, 0.3) is 0 Å². The molecule has 1 fully saturated rings. The molecule has 134 valence electrons. The van der Waals surface area contributed by atoms with Crippen LogP contribution in [-0.2, 0) is 9.59 Å². The van der Waals surface area contributed by atoms with E-state index in [1.54, 1.807) is 12.2 Å². The predicted octanol–water partition coefficient (Wildman–Crippen LogP) is 2.20. The van der Waals surface area contributed by atoms with Gasteiger partial charge in [-0.1, -0.05) is 38.3 Å². The number of unbranched alkanes of at least 4 members (excludes halogenated alkanes) is 2. The first-order valence-corrected chi connectivity index (χ1v) is 8.54. The number of nitriles is 1. The molecule has 3 N–H and O–H groups in total. The molecule has 1 saturated carbocycles. The fourth-order valence-corrected chi connectivity index (χ4v) is 3.45. The number of aliphatic hydroxyl groups excluding tert-OH is 2. The molecule has 0 aromatic rings. The molecule has 4 atom stereocenters. The summed E-state index contributed by atoms with van der Waals surface area (Å²) in [5, 5.41) is 38.4. The Morgan fingerprint density at radius 3 is 2.79 bits per heavy atom. The number of hydrogen-bond acceptors (Lipinski definition) is 5. The molecule has 0 amide bonds. The van der Waals surface area contributed by atoms with E-state index >= 15 is 0 Å². The number of carbonyl (C=O) groups excluding carboxylic acids is 1. The lowest BCUT2D eigenvalue weighted by Gasteiger charge is -2.33. The number of Topliss-reactive ketones (excluding diaryl/α,β-unsaturated/α-hetero) is 1. The Bertz CT molecular complexity index is 510. The van der Waals surface area contributed by atoms with E-state index in [-0.39, 0.29) is 31.5 Å². The minimum absolute atomic E-state index is 0.108. The normalized spacial score (nSPS) is 28.2. The third-order valence-corrected chi connectivity index (χ3v) is 4.83. The molecule has 1 rings (SSSR count). The molecule has 0 aliphatic heterocycles. The first kappa shape index (κ1) is 20.3. The molecule has 6 heteroatoms. The molecule has 1 aliphatic carbocycles. The number of hydrogen-bond donors (Lipinski definition) is 3. The van der Waals surface area contributed by atoms with Crippen molar-refractivity contribution in [1.29, 1.82) is 5.26 Å². The number of aliphatic hydroxyl groups is 2. The van der Waals surface area contributed by atoms with E-state index in [0.717, 1.165) is 19.3 Å². The monoisotopic (exact) mass is 337 g/mol. The van der Waals surface area contributed by atoms with Crippen LogP contribution in [0.4, 0.5) is 0 Å². The maximum Gasteiger partial charge on any atom is 0.304 e. The van der Waals surface area contributed by atoms with Crippen LogP contribution in [0.5, 0.6) is 0 Å². The summed E-state index contributed by atoms with van der Waals surface area (Å²) in [6.07, 6.45) is 4.71. The molecular formula is C18H27NO5. The highest BCUT2D eigenvalue weighted by Crippen LogP contribution is 2.48. The van der Waals surface area contributed by atoms with Crippen LogP contribution in [0, 0.1) is 22.7 Å². The maximum absolute atomic E-state index is 12.2. The van der Waals surface area contributed by atoms with E-state index < -0.39 is 29.5 Å². The maximum atomic E-state index is 12.2. The van der Waals surface area contributed by atoms with Gasteiger partial charge in [0.15, 0.2) is 0 Å². The second-order valence-corrected chi connectivity index (χ2v) is 6.53. The molecule has 0 aromatic carbocycles. The van der Waals surface area contributed by atoms with Gasteiger partial charge in [-0.15, -0.1) is 0 Å². The predicted molar refractivity (Wildman–Crippen MR) is 87.9 cm³/mol. The van der Waals surface area contributed by atoms with E-state index in [1.165, 1.54) is 0 Å². The van der Waals surface area contributed by atoms with Crippen molar-refractivity contribution >= 4 is 11.8 Å². The van der Waals surface area contributed by atoms with Gasteiger partial charge in [-0.3, -0.25) is 9.59 Å². The van der Waals surface area contributed by atoms with E-state index in [1.807, 2.05) is 6.07 Å². The molecule has 0 saturated heterocycles. The number of carbonyl (C=O) groups is 2. The number of ketones is 1. The Morgan fingerprint density at radius 1 is 1.50 bits per heavy atom. The summed E-state index contributed by atoms with van der Waals surface area (Å²) < 4.78 is 0. The van der Waals surface area contributed by atoms with Crippen LogP contribution in [0.3, 0.4) is 0 Å². The average Bonchev–Trinajstić information content (AvgIpc) is 2.74. The molecule has 0 unspecified atom stereocenters. The zero-order chi connectivity index (χ0) is 18.2. The Labute approximate surface area is 142 Å². The first-order valence-electron chi connectivity index (χ1n) is 8.54. The van der Waals surface area contributed by atoms with Gasteiger partial charge in [0.25, 0.3) is 0 Å². The smallest absolute Gasteiger partial charge is 0.304 e. The van der Waals surface area contributed by atoms with Crippen LogP contribution >= 0.6 is 0 Å². The molecule has 0 radical (unpaired) electrons. The SMILES string of the molecule is CCCCC[C@H](O)/C=C/[C@@]1(CCC#N)[C@H](O)CC(=O)[C@@H]1CC(=O)O. The summed E-state index contributed by atoms with van der Waals surface area (Å²) in [4.78, 5) is 23.3. The van der Waals surface area contributed by atoms with Crippen molar-refractivity contribution in [3.8, 4) is 6.07 Å². The Kier molecular flexibility index (Phi) is 8.09. The van der Waals surface area contributed by atoms with Crippen molar-refractivity contribution in [3.63, 3.8) is 0 Å². The molecule has 0 heterocycles. The summed E-state index contributed by atoms with van der Waals surface area (Å²) in [6.45, 7) is 2.07. The molecule has 0 aromatic heterocycles. The standard InChI is InChI=1S/C18H27NO5/c1-2-3-4-6-13(20)7-9-18(8-5-10-19)14(11-17(23)24)15(21)12-16(18)22/h7,9,13-14,16,20,22H,2-6,8,11-12H2,1H3,(H,23,24)/b9-7+/t13-,14-,16+,18+/m0/s1. The number of carboxylic acids is 1. The second-order valence-electron chi connectivity index (χ2n) is 6.53. The van der Waals surface area contributed by atoms with Gasteiger partial charge in [0.2, 0.25) is 0 Å². The topological polar surface area (TPSA) is 119 Å². The van der Waals surface area contributed by atoms with Gasteiger partial charge in [0.1, 0.15) is 5.78 Å². The number of rotatable bonds is 10. The zero-order valence-electron chi connectivity index (χ0n) is 14.1. The van der Waals surface area contributed by atoms with Gasteiger partial charge in [-0.2, -0.15) is 5.26 Å². The van der Waals surface area contributed by atoms with E-state index in [4.69, 9.17) is 10.4 Å². The van der Waals surface area contributed by atoms with E-state index in [9.17, 15) is 19.8 Å². The van der Waals surface area contributed by atoms with E-state index in [2.05, 4.69) is 6.92 Å². The largest absolute Gasteiger partial charge is 0.481 e. The number of nitrogens with zero attached hydrogens (tertiary/aromatic N) is 1. The first-order chi connectivity index (χ1) is 11.4. The molecule has 0 spiro atoms. The van der Waals surface area contributed by atoms with Crippen LogP contribution in [0.2, 0.25) is 0 Å². The highest BCUT2D eigenvalue weighted by atomic mass is 16.4. The third kappa shape index (κ3) is 5.15. The van der Waals surface area contributed by atoms with Gasteiger partial charge < -0.3 is 15.3 Å². The van der Waals surface area contributed by atoms with Crippen molar-refractivity contribution in [2.45, 2.75) is 70.5 Å². The lowest BCUT2D eigenvalue weighted by Crippen LogP contribution is -2.36. The lowest BCUT2D eigenvalue weighted by molar-refractivity contribution is -0.141. The minimum Gasteiger partial charge on any atom is -0.481 e.